The van der Waals surface area contributed by atoms with Crippen molar-refractivity contribution in [2.24, 2.45) is 0 Å². The number of ether oxygens (including phenoxy) is 1. The smallest absolute Gasteiger partial charge is 0.340 e. The first-order valence-corrected chi connectivity index (χ1v) is 8.22. The monoisotopic (exact) mass is 331 g/mol. The molecule has 1 heterocycles. The minimum atomic E-state index is -0.453. The molecule has 0 unspecified atom stereocenters. The number of aryl methyl sites for hydroxylation is 1. The van der Waals surface area contributed by atoms with E-state index in [-0.39, 0.29) is 5.56 Å². The average molecular weight is 331 g/mol. The highest BCUT2D eigenvalue weighted by atomic mass is 16.5. The molecule has 1 aliphatic carbocycles. The van der Waals surface area contributed by atoms with Crippen molar-refractivity contribution in [2.45, 2.75) is 12.8 Å². The molecule has 0 aliphatic heterocycles. The van der Waals surface area contributed by atoms with Crippen molar-refractivity contribution in [3.8, 4) is 5.69 Å². The molecule has 124 valence electrons. The summed E-state index contributed by atoms with van der Waals surface area (Å²) in [7, 11) is 1.35. The van der Waals surface area contributed by atoms with Crippen LogP contribution in [-0.4, -0.2) is 17.6 Å². The number of nitrogens with zero attached hydrogens (tertiary/aromatic N) is 1. The molecular formula is C21H17NO3. The molecule has 0 fully saturated rings. The largest absolute Gasteiger partial charge is 0.465 e. The lowest BCUT2D eigenvalue weighted by atomic mass is 9.95. The molecule has 1 aliphatic rings. The van der Waals surface area contributed by atoms with E-state index in [1.807, 2.05) is 24.3 Å². The predicted octanol–water partition coefficient (Wildman–Crippen LogP) is 3.74. The van der Waals surface area contributed by atoms with E-state index < -0.39 is 5.97 Å². The van der Waals surface area contributed by atoms with Crippen LogP contribution in [0.25, 0.3) is 22.5 Å². The second-order valence-electron chi connectivity index (χ2n) is 6.05. The Hall–Kier alpha value is -3.14. The molecule has 1 aromatic heterocycles. The van der Waals surface area contributed by atoms with Gasteiger partial charge in [-0.3, -0.25) is 9.36 Å². The number of carbonyl (C=O) groups is 1. The van der Waals surface area contributed by atoms with Gasteiger partial charge < -0.3 is 4.74 Å². The van der Waals surface area contributed by atoms with Crippen LogP contribution in [0.5, 0.6) is 0 Å². The molecular weight excluding hydrogens is 314 g/mol. The zero-order valence-corrected chi connectivity index (χ0v) is 13.9. The maximum atomic E-state index is 13.1. The summed E-state index contributed by atoms with van der Waals surface area (Å²) in [6.07, 6.45) is 7.70. The van der Waals surface area contributed by atoms with Gasteiger partial charge in [0.25, 0.3) is 5.56 Å². The Morgan fingerprint density at radius 3 is 2.68 bits per heavy atom. The van der Waals surface area contributed by atoms with Gasteiger partial charge in [0.05, 0.1) is 18.4 Å². The molecule has 4 heteroatoms. The van der Waals surface area contributed by atoms with Crippen molar-refractivity contribution < 1.29 is 9.53 Å². The summed E-state index contributed by atoms with van der Waals surface area (Å²) in [4.78, 5) is 25.3. The summed E-state index contributed by atoms with van der Waals surface area (Å²) in [5.74, 6) is -0.453. The van der Waals surface area contributed by atoms with E-state index in [1.54, 1.807) is 29.0 Å². The van der Waals surface area contributed by atoms with Crippen molar-refractivity contribution in [3.63, 3.8) is 0 Å². The van der Waals surface area contributed by atoms with Gasteiger partial charge in [0.15, 0.2) is 0 Å². The van der Waals surface area contributed by atoms with Crippen molar-refractivity contribution in [3.05, 3.63) is 81.8 Å². The lowest BCUT2D eigenvalue weighted by Crippen LogP contribution is -2.22. The fraction of sp³-hybridized carbons (Fsp3) is 0.143. The van der Waals surface area contributed by atoms with Gasteiger partial charge in [0, 0.05) is 22.5 Å². The fourth-order valence-corrected chi connectivity index (χ4v) is 3.40. The van der Waals surface area contributed by atoms with Crippen LogP contribution in [0.1, 0.15) is 27.9 Å². The van der Waals surface area contributed by atoms with E-state index in [0.717, 1.165) is 24.1 Å². The van der Waals surface area contributed by atoms with Crippen LogP contribution in [0.15, 0.2) is 59.5 Å². The molecule has 2 aromatic carbocycles. The molecule has 0 spiro atoms. The first-order valence-electron chi connectivity index (χ1n) is 8.22. The van der Waals surface area contributed by atoms with Crippen molar-refractivity contribution in [1.82, 2.24) is 4.57 Å². The summed E-state index contributed by atoms with van der Waals surface area (Å²) in [5.41, 5.74) is 3.27. The first kappa shape index (κ1) is 15.4. The van der Waals surface area contributed by atoms with Crippen LogP contribution in [-0.2, 0) is 11.2 Å². The highest BCUT2D eigenvalue weighted by molar-refractivity contribution is 6.04. The Labute approximate surface area is 145 Å². The standard InChI is InChI=1S/C21H17NO3/c1-25-21(24)18-13-22(20(23)17-11-5-4-10-16(17)18)19-12-6-8-14-7-2-3-9-15(14)19/h3-6,8-13H,2,7H2,1H3. The number of carbonyl (C=O) groups excluding carboxylic acids is 1. The summed E-state index contributed by atoms with van der Waals surface area (Å²) < 4.78 is 6.48. The minimum absolute atomic E-state index is 0.143. The third-order valence-electron chi connectivity index (χ3n) is 4.63. The molecule has 0 N–H and O–H groups in total. The van der Waals surface area contributed by atoms with E-state index >= 15 is 0 Å². The van der Waals surface area contributed by atoms with E-state index in [2.05, 4.69) is 12.1 Å². The van der Waals surface area contributed by atoms with Crippen LogP contribution in [0.3, 0.4) is 0 Å². The number of esters is 1. The maximum absolute atomic E-state index is 13.1. The maximum Gasteiger partial charge on any atom is 0.340 e. The van der Waals surface area contributed by atoms with Gasteiger partial charge in [0.2, 0.25) is 0 Å². The molecule has 4 rings (SSSR count). The molecule has 0 bridgehead atoms. The Morgan fingerprint density at radius 1 is 1.08 bits per heavy atom. The van der Waals surface area contributed by atoms with E-state index in [9.17, 15) is 9.59 Å². The first-order chi connectivity index (χ1) is 12.2. The number of aromatic nitrogens is 1. The molecule has 0 amide bonds. The molecule has 0 saturated heterocycles. The zero-order valence-electron chi connectivity index (χ0n) is 13.9. The van der Waals surface area contributed by atoms with Crippen LogP contribution >= 0.6 is 0 Å². The molecule has 0 radical (unpaired) electrons. The van der Waals surface area contributed by atoms with E-state index in [0.29, 0.717) is 16.3 Å². The number of rotatable bonds is 2. The van der Waals surface area contributed by atoms with Gasteiger partial charge in [0.1, 0.15) is 0 Å². The number of fused-ring (bicyclic) bond motifs is 2. The normalized spacial score (nSPS) is 12.8. The molecule has 0 saturated carbocycles. The van der Waals surface area contributed by atoms with Gasteiger partial charge in [-0.2, -0.15) is 0 Å². The van der Waals surface area contributed by atoms with Gasteiger partial charge >= 0.3 is 5.97 Å². The van der Waals surface area contributed by atoms with Crippen molar-refractivity contribution >= 4 is 22.8 Å². The Balaban J connectivity index is 2.08. The van der Waals surface area contributed by atoms with E-state index in [4.69, 9.17) is 4.74 Å². The van der Waals surface area contributed by atoms with Crippen molar-refractivity contribution in [2.75, 3.05) is 7.11 Å². The van der Waals surface area contributed by atoms with Gasteiger partial charge in [-0.1, -0.05) is 42.5 Å². The summed E-state index contributed by atoms with van der Waals surface area (Å²) in [6, 6.07) is 13.1. The number of benzene rings is 2. The molecule has 4 nitrogen and oxygen atoms in total. The summed E-state index contributed by atoms with van der Waals surface area (Å²) in [5, 5.41) is 1.11. The SMILES string of the molecule is COC(=O)c1cn(-c2cccc3c2C=CCC3)c(=O)c2ccccc12. The second kappa shape index (κ2) is 6.06. The number of hydrogen-bond acceptors (Lipinski definition) is 3. The quantitative estimate of drug-likeness (QED) is 0.672. The lowest BCUT2D eigenvalue weighted by Gasteiger charge is -2.17. The fourth-order valence-electron chi connectivity index (χ4n) is 3.40. The van der Waals surface area contributed by atoms with Gasteiger partial charge in [-0.25, -0.2) is 4.79 Å². The van der Waals surface area contributed by atoms with Crippen LogP contribution in [0.4, 0.5) is 0 Å². The second-order valence-corrected chi connectivity index (χ2v) is 6.05. The topological polar surface area (TPSA) is 48.3 Å². The van der Waals surface area contributed by atoms with Crippen LogP contribution < -0.4 is 5.56 Å². The van der Waals surface area contributed by atoms with Crippen molar-refractivity contribution in [1.29, 1.82) is 0 Å². The zero-order chi connectivity index (χ0) is 17.4. The third kappa shape index (κ3) is 2.47. The minimum Gasteiger partial charge on any atom is -0.465 e. The molecule has 25 heavy (non-hydrogen) atoms. The predicted molar refractivity (Wildman–Crippen MR) is 98.2 cm³/mol. The number of hydrogen-bond donors (Lipinski definition) is 0. The third-order valence-corrected chi connectivity index (χ3v) is 4.63. The number of allylic oxidation sites excluding steroid dienone is 1. The van der Waals surface area contributed by atoms with Gasteiger partial charge in [-0.05, 0) is 30.5 Å². The lowest BCUT2D eigenvalue weighted by molar-refractivity contribution is 0.0602. The molecule has 0 atom stereocenters. The van der Waals surface area contributed by atoms with E-state index in [1.165, 1.54) is 12.7 Å². The Kier molecular flexibility index (Phi) is 3.73. The van der Waals surface area contributed by atoms with Crippen LogP contribution in [0.2, 0.25) is 0 Å². The Morgan fingerprint density at radius 2 is 1.88 bits per heavy atom. The average Bonchev–Trinajstić information content (AvgIpc) is 2.67. The highest BCUT2D eigenvalue weighted by Gasteiger charge is 2.18. The highest BCUT2D eigenvalue weighted by Crippen LogP contribution is 2.26. The number of pyridine rings is 1. The summed E-state index contributed by atoms with van der Waals surface area (Å²) in [6.45, 7) is 0. The van der Waals surface area contributed by atoms with Gasteiger partial charge in [-0.15, -0.1) is 0 Å². The molecule has 3 aromatic rings. The summed E-state index contributed by atoms with van der Waals surface area (Å²) >= 11 is 0. The van der Waals surface area contributed by atoms with Crippen LogP contribution in [0, 0.1) is 0 Å². The Bertz CT molecular complexity index is 1080. The number of methoxy groups -OCH3 is 1.